The summed E-state index contributed by atoms with van der Waals surface area (Å²) in [5.74, 6) is -1.49. The van der Waals surface area contributed by atoms with Crippen molar-refractivity contribution in [3.8, 4) is 0 Å². The number of aliphatic hydroxyl groups is 2. The van der Waals surface area contributed by atoms with Crippen LogP contribution in [0.3, 0.4) is 0 Å². The first-order valence-electron chi connectivity index (χ1n) is 18.9. The molecule has 3 fully saturated rings. The van der Waals surface area contributed by atoms with Crippen LogP contribution in [0.2, 0.25) is 0 Å². The quantitative estimate of drug-likeness (QED) is 0.241. The number of hydrogen-bond donors (Lipinski definition) is 4. The van der Waals surface area contributed by atoms with Crippen LogP contribution in [0.5, 0.6) is 0 Å². The van der Waals surface area contributed by atoms with Gasteiger partial charge in [0.15, 0.2) is 0 Å². The fourth-order valence-electron chi connectivity index (χ4n) is 5.30. The van der Waals surface area contributed by atoms with Crippen molar-refractivity contribution in [1.82, 2.24) is 0 Å². The fourth-order valence-corrected chi connectivity index (χ4v) is 5.30. The van der Waals surface area contributed by atoms with Gasteiger partial charge >= 0.3 is 11.9 Å². The zero-order valence-electron chi connectivity index (χ0n) is 30.2. The van der Waals surface area contributed by atoms with Crippen molar-refractivity contribution in [3.63, 3.8) is 0 Å². The van der Waals surface area contributed by atoms with Crippen molar-refractivity contribution < 1.29 is 30.0 Å². The molecular weight excluding hydrogens is 552 g/mol. The molecule has 0 aromatic carbocycles. The number of rotatable bonds is 2. The molecular formula is C38H80O6. The Morgan fingerprint density at radius 1 is 0.295 bits per heavy atom. The number of carbonyl (C=O) groups is 2. The third-order valence-electron chi connectivity index (χ3n) is 8.10. The summed E-state index contributed by atoms with van der Waals surface area (Å²) in [7, 11) is 2.00. The highest BCUT2D eigenvalue weighted by molar-refractivity contribution is 5.66. The second-order valence-corrected chi connectivity index (χ2v) is 12.1. The summed E-state index contributed by atoms with van der Waals surface area (Å²) in [6.07, 6.45) is 45.4. The van der Waals surface area contributed by atoms with Crippen LogP contribution >= 0.6 is 0 Å². The van der Waals surface area contributed by atoms with E-state index in [1.54, 1.807) is 13.8 Å². The van der Waals surface area contributed by atoms with Gasteiger partial charge in [0, 0.05) is 27.1 Å². The third kappa shape index (κ3) is 60.1. The maximum atomic E-state index is 9.37. The molecule has 3 aliphatic rings. The van der Waals surface area contributed by atoms with E-state index >= 15 is 0 Å². The molecule has 6 heteroatoms. The zero-order chi connectivity index (χ0) is 33.8. The molecule has 44 heavy (non-hydrogen) atoms. The van der Waals surface area contributed by atoms with E-state index < -0.39 is 11.9 Å². The van der Waals surface area contributed by atoms with Crippen LogP contribution in [-0.4, -0.2) is 46.6 Å². The Hall–Kier alpha value is -1.14. The Labute approximate surface area is 275 Å². The largest absolute Gasteiger partial charge is 0.481 e. The van der Waals surface area contributed by atoms with Crippen molar-refractivity contribution in [2.24, 2.45) is 0 Å². The van der Waals surface area contributed by atoms with Gasteiger partial charge < -0.3 is 20.4 Å². The SMILES string of the molecule is C1CCCCCCCCC1.C1CCCCCCCCC1.C1CCCCCCCCC1.CCC(=O)O.CCC(=O)O.CO.CO. The van der Waals surface area contributed by atoms with E-state index in [2.05, 4.69) is 0 Å². The molecule has 0 aromatic heterocycles. The molecule has 0 amide bonds. The van der Waals surface area contributed by atoms with Crippen molar-refractivity contribution >= 4 is 11.9 Å². The summed E-state index contributed by atoms with van der Waals surface area (Å²) in [5.41, 5.74) is 0. The van der Waals surface area contributed by atoms with Gasteiger partial charge in [-0.05, 0) is 0 Å². The highest BCUT2D eigenvalue weighted by atomic mass is 16.4. The molecule has 4 N–H and O–H groups in total. The molecule has 0 aliphatic heterocycles. The third-order valence-corrected chi connectivity index (χ3v) is 8.10. The van der Waals surface area contributed by atoms with Crippen molar-refractivity contribution in [2.75, 3.05) is 14.2 Å². The maximum Gasteiger partial charge on any atom is 0.303 e. The number of aliphatic carboxylic acids is 2. The van der Waals surface area contributed by atoms with E-state index in [1.165, 1.54) is 193 Å². The highest BCUT2D eigenvalue weighted by Crippen LogP contribution is 2.17. The molecule has 0 atom stereocenters. The van der Waals surface area contributed by atoms with Crippen molar-refractivity contribution in [3.05, 3.63) is 0 Å². The molecule has 0 spiro atoms. The van der Waals surface area contributed by atoms with E-state index in [0.717, 1.165) is 14.2 Å². The normalized spacial score (nSPS) is 18.3. The lowest BCUT2D eigenvalue weighted by Crippen LogP contribution is -1.86. The van der Waals surface area contributed by atoms with E-state index in [0.29, 0.717) is 0 Å². The van der Waals surface area contributed by atoms with Gasteiger partial charge in [0.1, 0.15) is 0 Å². The summed E-state index contributed by atoms with van der Waals surface area (Å²) in [5, 5.41) is 29.4. The van der Waals surface area contributed by atoms with Crippen LogP contribution in [0.1, 0.15) is 219 Å². The number of carboxylic acid groups (broad SMARTS) is 2. The van der Waals surface area contributed by atoms with Gasteiger partial charge in [0.2, 0.25) is 0 Å². The van der Waals surface area contributed by atoms with E-state index in [9.17, 15) is 9.59 Å². The van der Waals surface area contributed by atoms with Gasteiger partial charge in [-0.15, -0.1) is 0 Å². The summed E-state index contributed by atoms with van der Waals surface area (Å²) in [4.78, 5) is 18.7. The predicted molar refractivity (Wildman–Crippen MR) is 191 cm³/mol. The molecule has 0 unspecified atom stereocenters. The summed E-state index contributed by atoms with van der Waals surface area (Å²) >= 11 is 0. The Bertz CT molecular complexity index is 337. The molecule has 0 aromatic rings. The van der Waals surface area contributed by atoms with E-state index in [-0.39, 0.29) is 12.8 Å². The van der Waals surface area contributed by atoms with Gasteiger partial charge in [-0.25, -0.2) is 0 Å². The van der Waals surface area contributed by atoms with Crippen LogP contribution in [0.4, 0.5) is 0 Å². The zero-order valence-corrected chi connectivity index (χ0v) is 30.2. The van der Waals surface area contributed by atoms with Crippen molar-refractivity contribution in [2.45, 2.75) is 219 Å². The Kier molecular flexibility index (Phi) is 58.1. The lowest BCUT2D eigenvalue weighted by molar-refractivity contribution is -0.137. The minimum absolute atomic E-state index is 0.222. The summed E-state index contributed by atoms with van der Waals surface area (Å²) in [6, 6.07) is 0. The molecule has 0 heterocycles. The highest BCUT2D eigenvalue weighted by Gasteiger charge is 1.98. The van der Waals surface area contributed by atoms with Gasteiger partial charge in [-0.2, -0.15) is 0 Å². The minimum atomic E-state index is -0.745. The standard InChI is InChI=1S/3C10H20.2C3H6O2.2CH4O/c3*1-2-4-6-8-10-9-7-5-3-1;2*1-2-3(4)5;2*1-2/h3*1-10H2;2*2H2,1H3,(H,4,5);2*2H,1H3. The smallest absolute Gasteiger partial charge is 0.303 e. The Balaban J connectivity index is -0.000000227. The monoisotopic (exact) mass is 633 g/mol. The first kappa shape index (κ1) is 49.7. The summed E-state index contributed by atoms with van der Waals surface area (Å²) in [6.45, 7) is 3.20. The van der Waals surface area contributed by atoms with Gasteiger partial charge in [-0.1, -0.05) is 206 Å². The second kappa shape index (κ2) is 51.4. The predicted octanol–water partition coefficient (Wildman–Crippen LogP) is 11.9. The van der Waals surface area contributed by atoms with Crippen LogP contribution in [0, 0.1) is 0 Å². The minimum Gasteiger partial charge on any atom is -0.481 e. The first-order valence-corrected chi connectivity index (χ1v) is 18.9. The second-order valence-electron chi connectivity index (χ2n) is 12.1. The Morgan fingerprint density at radius 2 is 0.341 bits per heavy atom. The molecule has 6 nitrogen and oxygen atoms in total. The molecule has 268 valence electrons. The van der Waals surface area contributed by atoms with Gasteiger partial charge in [0.25, 0.3) is 0 Å². The van der Waals surface area contributed by atoms with Gasteiger partial charge in [0.05, 0.1) is 0 Å². The maximum absolute atomic E-state index is 9.37. The lowest BCUT2D eigenvalue weighted by atomic mass is 10.0. The molecule has 3 rings (SSSR count). The topological polar surface area (TPSA) is 115 Å². The number of aliphatic hydroxyl groups excluding tert-OH is 2. The molecule has 0 bridgehead atoms. The molecule has 3 saturated carbocycles. The molecule has 3 aliphatic carbocycles. The number of carboxylic acids is 2. The first-order chi connectivity index (χ1) is 21.5. The average molecular weight is 633 g/mol. The fraction of sp³-hybridized carbons (Fsp3) is 0.947. The van der Waals surface area contributed by atoms with Gasteiger partial charge in [-0.3, -0.25) is 9.59 Å². The van der Waals surface area contributed by atoms with Crippen LogP contribution in [-0.2, 0) is 9.59 Å². The van der Waals surface area contributed by atoms with E-state index in [1.807, 2.05) is 0 Å². The average Bonchev–Trinajstić information content (AvgIpc) is 3.08. The van der Waals surface area contributed by atoms with Crippen LogP contribution in [0.15, 0.2) is 0 Å². The molecule has 0 radical (unpaired) electrons. The van der Waals surface area contributed by atoms with Crippen LogP contribution in [0.25, 0.3) is 0 Å². The number of hydrogen-bond acceptors (Lipinski definition) is 4. The molecule has 0 saturated heterocycles. The lowest BCUT2D eigenvalue weighted by Gasteiger charge is -2.05. The van der Waals surface area contributed by atoms with E-state index in [4.69, 9.17) is 20.4 Å². The summed E-state index contributed by atoms with van der Waals surface area (Å²) < 4.78 is 0. The Morgan fingerprint density at radius 3 is 0.364 bits per heavy atom. The van der Waals surface area contributed by atoms with Crippen LogP contribution < -0.4 is 0 Å². The van der Waals surface area contributed by atoms with Crippen molar-refractivity contribution in [1.29, 1.82) is 0 Å².